The van der Waals surface area contributed by atoms with Crippen LogP contribution in [0.4, 0.5) is 0 Å². The average Bonchev–Trinajstić information content (AvgIpc) is 2.76. The predicted octanol–water partition coefficient (Wildman–Crippen LogP) is 4.53. The van der Waals surface area contributed by atoms with Crippen molar-refractivity contribution < 1.29 is 14.6 Å². The van der Waals surface area contributed by atoms with E-state index < -0.39 is 11.7 Å². The highest BCUT2D eigenvalue weighted by Crippen LogP contribution is 2.42. The van der Waals surface area contributed by atoms with Crippen LogP contribution in [-0.4, -0.2) is 30.0 Å². The van der Waals surface area contributed by atoms with Gasteiger partial charge >= 0.3 is 0 Å². The lowest BCUT2D eigenvalue weighted by molar-refractivity contribution is 0.0352. The van der Waals surface area contributed by atoms with E-state index in [1.54, 1.807) is 12.3 Å². The SMILES string of the molecule is CC1=C(C/C=C(\C)[C@@H](O)C#C[C@]2(C)C=COCCO2)C(C)(C)CCC1. The van der Waals surface area contributed by atoms with Gasteiger partial charge < -0.3 is 14.6 Å². The molecule has 0 amide bonds. The number of aliphatic hydroxyl groups excluding tert-OH is 1. The average molecular weight is 344 g/mol. The monoisotopic (exact) mass is 344 g/mol. The summed E-state index contributed by atoms with van der Waals surface area (Å²) >= 11 is 0. The Labute approximate surface area is 152 Å². The molecule has 0 unspecified atom stereocenters. The molecule has 0 bridgehead atoms. The Morgan fingerprint density at radius 1 is 1.36 bits per heavy atom. The van der Waals surface area contributed by atoms with Gasteiger partial charge in [0.25, 0.3) is 0 Å². The van der Waals surface area contributed by atoms with Crippen LogP contribution in [0, 0.1) is 17.3 Å². The van der Waals surface area contributed by atoms with E-state index in [4.69, 9.17) is 9.47 Å². The van der Waals surface area contributed by atoms with Gasteiger partial charge in [-0.25, -0.2) is 0 Å². The maximum atomic E-state index is 10.4. The lowest BCUT2D eigenvalue weighted by atomic mass is 9.71. The second-order valence-corrected chi connectivity index (χ2v) is 7.95. The van der Waals surface area contributed by atoms with E-state index in [1.807, 2.05) is 13.8 Å². The van der Waals surface area contributed by atoms with Gasteiger partial charge in [-0.3, -0.25) is 0 Å². The van der Waals surface area contributed by atoms with Crippen molar-refractivity contribution in [3.05, 3.63) is 35.1 Å². The highest BCUT2D eigenvalue weighted by Gasteiger charge is 2.27. The summed E-state index contributed by atoms with van der Waals surface area (Å²) in [5.41, 5.74) is 3.46. The molecule has 1 aliphatic heterocycles. The van der Waals surface area contributed by atoms with Crippen LogP contribution in [0.1, 0.15) is 60.3 Å². The third-order valence-electron chi connectivity index (χ3n) is 5.29. The topological polar surface area (TPSA) is 38.7 Å². The fourth-order valence-corrected chi connectivity index (χ4v) is 3.50. The molecule has 2 rings (SSSR count). The summed E-state index contributed by atoms with van der Waals surface area (Å²) < 4.78 is 10.9. The van der Waals surface area contributed by atoms with Gasteiger partial charge in [0.15, 0.2) is 0 Å². The van der Waals surface area contributed by atoms with Crippen LogP contribution in [0.15, 0.2) is 35.1 Å². The quantitative estimate of drug-likeness (QED) is 0.604. The Bertz CT molecular complexity index is 627. The number of hydrogen-bond donors (Lipinski definition) is 1. The molecular weight excluding hydrogens is 312 g/mol. The largest absolute Gasteiger partial charge is 0.499 e. The van der Waals surface area contributed by atoms with Gasteiger partial charge in [-0.05, 0) is 63.5 Å². The van der Waals surface area contributed by atoms with Crippen LogP contribution in [-0.2, 0) is 9.47 Å². The Morgan fingerprint density at radius 2 is 2.12 bits per heavy atom. The predicted molar refractivity (Wildman–Crippen MR) is 102 cm³/mol. The molecule has 2 atom stereocenters. The van der Waals surface area contributed by atoms with Gasteiger partial charge in [-0.2, -0.15) is 0 Å². The fraction of sp³-hybridized carbons (Fsp3) is 0.636. The van der Waals surface area contributed by atoms with E-state index in [0.717, 1.165) is 12.0 Å². The molecule has 3 nitrogen and oxygen atoms in total. The molecule has 0 fully saturated rings. The molecule has 1 aliphatic carbocycles. The molecule has 0 saturated heterocycles. The van der Waals surface area contributed by atoms with E-state index in [-0.39, 0.29) is 5.41 Å². The van der Waals surface area contributed by atoms with Crippen molar-refractivity contribution in [1.82, 2.24) is 0 Å². The number of aliphatic hydroxyl groups is 1. The zero-order valence-electron chi connectivity index (χ0n) is 16.3. The molecular formula is C22H32O3. The Hall–Kier alpha value is -1.50. The van der Waals surface area contributed by atoms with E-state index in [9.17, 15) is 5.11 Å². The molecule has 1 N–H and O–H groups in total. The molecule has 0 radical (unpaired) electrons. The van der Waals surface area contributed by atoms with Crippen molar-refractivity contribution in [2.45, 2.75) is 72.0 Å². The summed E-state index contributed by atoms with van der Waals surface area (Å²) in [5, 5.41) is 10.4. The third kappa shape index (κ3) is 5.49. The summed E-state index contributed by atoms with van der Waals surface area (Å²) in [6, 6.07) is 0. The van der Waals surface area contributed by atoms with Gasteiger partial charge in [0, 0.05) is 0 Å². The first-order valence-electron chi connectivity index (χ1n) is 9.23. The first kappa shape index (κ1) is 19.8. The number of rotatable bonds is 3. The summed E-state index contributed by atoms with van der Waals surface area (Å²) in [6.45, 7) is 11.7. The summed E-state index contributed by atoms with van der Waals surface area (Å²) in [4.78, 5) is 0. The summed E-state index contributed by atoms with van der Waals surface area (Å²) in [5.74, 6) is 5.97. The molecule has 1 heterocycles. The van der Waals surface area contributed by atoms with Crippen LogP contribution in [0.5, 0.6) is 0 Å². The molecule has 0 spiro atoms. The van der Waals surface area contributed by atoms with Crippen LogP contribution in [0.25, 0.3) is 0 Å². The highest BCUT2D eigenvalue weighted by molar-refractivity contribution is 5.30. The van der Waals surface area contributed by atoms with Crippen LogP contribution >= 0.6 is 0 Å². The molecule has 138 valence electrons. The Kier molecular flexibility index (Phi) is 6.54. The smallest absolute Gasteiger partial charge is 0.147 e. The van der Waals surface area contributed by atoms with Crippen LogP contribution < -0.4 is 0 Å². The van der Waals surface area contributed by atoms with Crippen molar-refractivity contribution in [1.29, 1.82) is 0 Å². The summed E-state index contributed by atoms with van der Waals surface area (Å²) in [6.07, 6.45) is 9.36. The molecule has 2 aliphatic rings. The molecule has 0 aromatic heterocycles. The normalized spacial score (nSPS) is 27.8. The van der Waals surface area contributed by atoms with Gasteiger partial charge in [-0.15, -0.1) is 0 Å². The van der Waals surface area contributed by atoms with Gasteiger partial charge in [0.1, 0.15) is 18.3 Å². The molecule has 0 saturated carbocycles. The molecule has 0 aromatic rings. The zero-order valence-corrected chi connectivity index (χ0v) is 16.3. The van der Waals surface area contributed by atoms with Crippen LogP contribution in [0.2, 0.25) is 0 Å². The number of ether oxygens (including phenoxy) is 2. The van der Waals surface area contributed by atoms with Gasteiger partial charge in [-0.1, -0.05) is 42.9 Å². The zero-order chi connectivity index (χ0) is 18.5. The van der Waals surface area contributed by atoms with Gasteiger partial charge in [0.2, 0.25) is 0 Å². The summed E-state index contributed by atoms with van der Waals surface area (Å²) in [7, 11) is 0. The molecule has 25 heavy (non-hydrogen) atoms. The Balaban J connectivity index is 2.06. The Morgan fingerprint density at radius 3 is 2.84 bits per heavy atom. The second-order valence-electron chi connectivity index (χ2n) is 7.95. The van der Waals surface area contributed by atoms with Crippen molar-refractivity contribution in [2.75, 3.05) is 13.2 Å². The standard InChI is InChI=1S/C22H32O3/c1-17-7-6-11-21(3,4)19(17)9-8-18(2)20(23)10-12-22(5)13-14-24-15-16-25-22/h8,13-14,20,23H,6-7,9,11,15-16H2,1-5H3/b18-8+/t20-,22+/m0/s1. The van der Waals surface area contributed by atoms with Crippen LogP contribution in [0.3, 0.4) is 0 Å². The minimum Gasteiger partial charge on any atom is -0.499 e. The number of hydrogen-bond acceptors (Lipinski definition) is 3. The maximum Gasteiger partial charge on any atom is 0.147 e. The first-order valence-corrected chi connectivity index (χ1v) is 9.23. The van der Waals surface area contributed by atoms with Crippen molar-refractivity contribution in [2.24, 2.45) is 5.41 Å². The molecule has 0 aromatic carbocycles. The second kappa shape index (κ2) is 8.25. The third-order valence-corrected chi connectivity index (χ3v) is 5.29. The highest BCUT2D eigenvalue weighted by atomic mass is 16.5. The van der Waals surface area contributed by atoms with E-state index in [2.05, 4.69) is 38.7 Å². The maximum absolute atomic E-state index is 10.4. The lowest BCUT2D eigenvalue weighted by Gasteiger charge is -2.34. The molecule has 3 heteroatoms. The van der Waals surface area contributed by atoms with E-state index in [1.165, 1.54) is 30.4 Å². The minimum atomic E-state index is -0.773. The van der Waals surface area contributed by atoms with Gasteiger partial charge in [0.05, 0.1) is 12.9 Å². The first-order chi connectivity index (χ1) is 11.7. The minimum absolute atomic E-state index is 0.252. The van der Waals surface area contributed by atoms with Crippen molar-refractivity contribution in [3.8, 4) is 11.8 Å². The van der Waals surface area contributed by atoms with Crippen molar-refractivity contribution >= 4 is 0 Å². The fourth-order valence-electron chi connectivity index (χ4n) is 3.50. The van der Waals surface area contributed by atoms with E-state index in [0.29, 0.717) is 13.2 Å². The van der Waals surface area contributed by atoms with E-state index >= 15 is 0 Å². The lowest BCUT2D eigenvalue weighted by Crippen LogP contribution is -2.24. The number of allylic oxidation sites excluding steroid dienone is 3. The van der Waals surface area contributed by atoms with Crippen molar-refractivity contribution in [3.63, 3.8) is 0 Å².